The van der Waals surface area contributed by atoms with Gasteiger partial charge in [0.25, 0.3) is 5.91 Å². The van der Waals surface area contributed by atoms with E-state index in [9.17, 15) is 14.0 Å². The summed E-state index contributed by atoms with van der Waals surface area (Å²) in [7, 11) is 0. The van der Waals surface area contributed by atoms with E-state index < -0.39 is 11.7 Å². The van der Waals surface area contributed by atoms with Gasteiger partial charge in [-0.3, -0.25) is 14.9 Å². The van der Waals surface area contributed by atoms with Crippen molar-refractivity contribution in [2.45, 2.75) is 19.8 Å². The fraction of sp³-hybridized carbons (Fsp3) is 0.158. The van der Waals surface area contributed by atoms with Gasteiger partial charge in [0.05, 0.1) is 10.2 Å². The van der Waals surface area contributed by atoms with Gasteiger partial charge < -0.3 is 10.6 Å². The fourth-order valence-corrected chi connectivity index (χ4v) is 3.56. The van der Waals surface area contributed by atoms with Gasteiger partial charge in [-0.05, 0) is 55.0 Å². The molecule has 3 N–H and O–H groups in total. The average molecular weight is 417 g/mol. The van der Waals surface area contributed by atoms with Crippen molar-refractivity contribution < 1.29 is 14.0 Å². The molecule has 6 nitrogen and oxygen atoms in total. The van der Waals surface area contributed by atoms with Crippen molar-refractivity contribution in [3.8, 4) is 0 Å². The molecule has 0 spiro atoms. The summed E-state index contributed by atoms with van der Waals surface area (Å²) >= 11 is 6.50. The molecule has 0 unspecified atom stereocenters. The number of hydrogen-bond donors (Lipinski definition) is 3. The lowest BCUT2D eigenvalue weighted by molar-refractivity contribution is -0.116. The highest BCUT2D eigenvalue weighted by molar-refractivity contribution is 7.80. The van der Waals surface area contributed by atoms with Gasteiger partial charge in [-0.1, -0.05) is 24.3 Å². The molecule has 1 heterocycles. The molecule has 0 fully saturated rings. The van der Waals surface area contributed by atoms with Gasteiger partial charge in [0.1, 0.15) is 5.82 Å². The minimum atomic E-state index is -0.503. The van der Waals surface area contributed by atoms with Crippen LogP contribution in [0.25, 0.3) is 10.2 Å². The highest BCUT2D eigenvalue weighted by Crippen LogP contribution is 2.28. The molecule has 9 heteroatoms. The number of anilines is 2. The Balaban J connectivity index is 1.65. The van der Waals surface area contributed by atoms with Crippen LogP contribution in [0.15, 0.2) is 42.5 Å². The van der Waals surface area contributed by atoms with Crippen LogP contribution in [0.2, 0.25) is 0 Å². The van der Waals surface area contributed by atoms with Crippen LogP contribution in [0.3, 0.4) is 0 Å². The molecule has 3 aromatic rings. The Kier molecular flexibility index (Phi) is 6.27. The Labute approximate surface area is 170 Å². The van der Waals surface area contributed by atoms with E-state index in [2.05, 4.69) is 20.9 Å². The standard InChI is InChI=1S/C19H17FN4O2S2/c1-2-4-16(25)23-19-22-14-8-7-13(10-15(14)28-19)21-18(27)24-17(26)11-5-3-6-12(20)9-11/h3,5-10H,2,4H2,1H3,(H,22,23,25)(H2,21,24,26,27). The minimum Gasteiger partial charge on any atom is -0.332 e. The fourth-order valence-electron chi connectivity index (χ4n) is 2.43. The molecule has 0 bridgehead atoms. The third kappa shape index (κ3) is 5.08. The zero-order chi connectivity index (χ0) is 20.1. The Morgan fingerprint density at radius 3 is 2.75 bits per heavy atom. The number of halogens is 1. The first-order valence-corrected chi connectivity index (χ1v) is 9.75. The number of carbonyl (C=O) groups is 2. The molecule has 1 aromatic heterocycles. The average Bonchev–Trinajstić information content (AvgIpc) is 3.03. The first kappa shape index (κ1) is 19.8. The highest BCUT2D eigenvalue weighted by atomic mass is 32.1. The van der Waals surface area contributed by atoms with Gasteiger partial charge in [-0.2, -0.15) is 0 Å². The molecule has 3 rings (SSSR count). The van der Waals surface area contributed by atoms with Crippen LogP contribution >= 0.6 is 23.6 Å². The predicted molar refractivity (Wildman–Crippen MR) is 113 cm³/mol. The van der Waals surface area contributed by atoms with Crippen LogP contribution in [0.4, 0.5) is 15.2 Å². The number of fused-ring (bicyclic) bond motifs is 1. The second-order valence-electron chi connectivity index (χ2n) is 5.92. The van der Waals surface area contributed by atoms with E-state index in [1.807, 2.05) is 13.0 Å². The molecule has 0 aliphatic rings. The monoisotopic (exact) mass is 416 g/mol. The third-order valence-electron chi connectivity index (χ3n) is 3.68. The van der Waals surface area contributed by atoms with E-state index in [1.54, 1.807) is 12.1 Å². The van der Waals surface area contributed by atoms with Gasteiger partial charge in [0.15, 0.2) is 10.2 Å². The number of hydrogen-bond acceptors (Lipinski definition) is 5. The largest absolute Gasteiger partial charge is 0.332 e. The SMILES string of the molecule is CCCC(=O)Nc1nc2ccc(NC(=S)NC(=O)c3cccc(F)c3)cc2s1. The maximum absolute atomic E-state index is 13.2. The van der Waals surface area contributed by atoms with Crippen LogP contribution in [-0.4, -0.2) is 21.9 Å². The van der Waals surface area contributed by atoms with Gasteiger partial charge in [-0.15, -0.1) is 0 Å². The summed E-state index contributed by atoms with van der Waals surface area (Å²) in [6.07, 6.45) is 1.21. The summed E-state index contributed by atoms with van der Waals surface area (Å²) in [6, 6.07) is 10.7. The van der Waals surface area contributed by atoms with Crippen LogP contribution in [-0.2, 0) is 4.79 Å². The lowest BCUT2D eigenvalue weighted by Gasteiger charge is -2.09. The summed E-state index contributed by atoms with van der Waals surface area (Å²) in [6.45, 7) is 1.94. The summed E-state index contributed by atoms with van der Waals surface area (Å²) in [4.78, 5) is 28.2. The van der Waals surface area contributed by atoms with Crippen molar-refractivity contribution in [3.05, 3.63) is 53.8 Å². The van der Waals surface area contributed by atoms with E-state index in [-0.39, 0.29) is 16.6 Å². The molecule has 0 radical (unpaired) electrons. The number of rotatable bonds is 5. The number of amides is 2. The first-order valence-electron chi connectivity index (χ1n) is 8.53. The van der Waals surface area contributed by atoms with Crippen molar-refractivity contribution >= 4 is 61.5 Å². The van der Waals surface area contributed by atoms with Gasteiger partial charge in [-0.25, -0.2) is 9.37 Å². The van der Waals surface area contributed by atoms with Crippen LogP contribution in [0, 0.1) is 5.82 Å². The molecule has 2 aromatic carbocycles. The lowest BCUT2D eigenvalue weighted by atomic mass is 10.2. The Morgan fingerprint density at radius 1 is 1.18 bits per heavy atom. The molecular weight excluding hydrogens is 399 g/mol. The summed E-state index contributed by atoms with van der Waals surface area (Å²) in [5.74, 6) is -1.07. The topological polar surface area (TPSA) is 83.1 Å². The molecule has 0 saturated heterocycles. The van der Waals surface area contributed by atoms with Crippen molar-refractivity contribution in [3.63, 3.8) is 0 Å². The Hall–Kier alpha value is -2.91. The van der Waals surface area contributed by atoms with E-state index >= 15 is 0 Å². The summed E-state index contributed by atoms with van der Waals surface area (Å²) < 4.78 is 14.1. The molecule has 0 saturated carbocycles. The number of thiocarbonyl (C=S) groups is 1. The van der Waals surface area contributed by atoms with Crippen molar-refractivity contribution in [1.29, 1.82) is 0 Å². The molecule has 0 aliphatic heterocycles. The van der Waals surface area contributed by atoms with Crippen LogP contribution < -0.4 is 16.0 Å². The van der Waals surface area contributed by atoms with Gasteiger partial charge >= 0.3 is 0 Å². The van der Waals surface area contributed by atoms with E-state index in [0.717, 1.165) is 22.7 Å². The number of carbonyl (C=O) groups excluding carboxylic acids is 2. The number of nitrogens with zero attached hydrogens (tertiary/aromatic N) is 1. The van der Waals surface area contributed by atoms with E-state index in [1.165, 1.54) is 29.5 Å². The second-order valence-corrected chi connectivity index (χ2v) is 7.36. The lowest BCUT2D eigenvalue weighted by Crippen LogP contribution is -2.34. The van der Waals surface area contributed by atoms with Crippen molar-refractivity contribution in [2.24, 2.45) is 0 Å². The molecular formula is C19H17FN4O2S2. The molecule has 28 heavy (non-hydrogen) atoms. The molecule has 144 valence electrons. The first-order chi connectivity index (χ1) is 13.4. The summed E-state index contributed by atoms with van der Waals surface area (Å²) in [5.41, 5.74) is 1.58. The van der Waals surface area contributed by atoms with Gasteiger partial charge in [0.2, 0.25) is 5.91 Å². The van der Waals surface area contributed by atoms with Crippen molar-refractivity contribution in [1.82, 2.24) is 10.3 Å². The maximum atomic E-state index is 13.2. The molecule has 2 amide bonds. The zero-order valence-corrected chi connectivity index (χ0v) is 16.5. The second kappa shape index (κ2) is 8.85. The quantitative estimate of drug-likeness (QED) is 0.540. The van der Waals surface area contributed by atoms with E-state index in [4.69, 9.17) is 12.2 Å². The van der Waals surface area contributed by atoms with Gasteiger partial charge in [0, 0.05) is 17.7 Å². The number of nitrogens with one attached hydrogen (secondary N) is 3. The zero-order valence-electron chi connectivity index (χ0n) is 14.9. The highest BCUT2D eigenvalue weighted by Gasteiger charge is 2.11. The third-order valence-corrected chi connectivity index (χ3v) is 4.82. The van der Waals surface area contributed by atoms with E-state index in [0.29, 0.717) is 17.2 Å². The Bertz CT molecular complexity index is 1050. The maximum Gasteiger partial charge on any atom is 0.257 e. The number of thiazole rings is 1. The van der Waals surface area contributed by atoms with Crippen LogP contribution in [0.5, 0.6) is 0 Å². The van der Waals surface area contributed by atoms with Crippen molar-refractivity contribution in [2.75, 3.05) is 10.6 Å². The molecule has 0 atom stereocenters. The summed E-state index contributed by atoms with van der Waals surface area (Å²) in [5, 5.41) is 8.83. The number of benzene rings is 2. The smallest absolute Gasteiger partial charge is 0.257 e. The Morgan fingerprint density at radius 2 is 2.00 bits per heavy atom. The normalized spacial score (nSPS) is 10.5. The predicted octanol–water partition coefficient (Wildman–Crippen LogP) is 4.30. The molecule has 0 aliphatic carbocycles. The van der Waals surface area contributed by atoms with Crippen LogP contribution in [0.1, 0.15) is 30.1 Å². The number of aromatic nitrogens is 1. The minimum absolute atomic E-state index is 0.0684.